The molecule has 1 N–H and O–H groups in total. The Labute approximate surface area is 94.9 Å². The Hall–Kier alpha value is -1.22. The smallest absolute Gasteiger partial charge is 0.306 e. The summed E-state index contributed by atoms with van der Waals surface area (Å²) in [6, 6.07) is 7.75. The van der Waals surface area contributed by atoms with Crippen LogP contribution in [0.3, 0.4) is 0 Å². The van der Waals surface area contributed by atoms with Crippen molar-refractivity contribution in [2.45, 2.75) is 20.3 Å². The van der Waals surface area contributed by atoms with Gasteiger partial charge in [-0.05, 0) is 24.5 Å². The molecule has 0 amide bonds. The number of carboxylic acids is 1. The van der Waals surface area contributed by atoms with Crippen LogP contribution in [0.1, 0.15) is 25.0 Å². The Kier molecular flexibility index (Phi) is 3.97. The van der Waals surface area contributed by atoms with Gasteiger partial charge in [-0.2, -0.15) is 0 Å². The third-order valence-electron chi connectivity index (χ3n) is 2.30. The van der Waals surface area contributed by atoms with E-state index in [0.717, 1.165) is 16.0 Å². The van der Waals surface area contributed by atoms with Crippen LogP contribution in [0.4, 0.5) is 0 Å². The molecule has 0 aromatic heterocycles. The van der Waals surface area contributed by atoms with Crippen LogP contribution in [0, 0.1) is 5.92 Å². The topological polar surface area (TPSA) is 37.3 Å². The second-order valence-corrected chi connectivity index (χ2v) is 4.31. The molecule has 0 aliphatic carbocycles. The van der Waals surface area contributed by atoms with Crippen molar-refractivity contribution >= 4 is 23.1 Å². The summed E-state index contributed by atoms with van der Waals surface area (Å²) in [4.78, 5) is 11.5. The first-order valence-electron chi connectivity index (χ1n) is 4.83. The van der Waals surface area contributed by atoms with Crippen LogP contribution in [0.15, 0.2) is 24.3 Å². The van der Waals surface area contributed by atoms with Crippen LogP contribution in [0.2, 0.25) is 0 Å². The molecule has 0 aliphatic heterocycles. The van der Waals surface area contributed by atoms with E-state index in [1.54, 1.807) is 6.92 Å². The molecule has 15 heavy (non-hydrogen) atoms. The summed E-state index contributed by atoms with van der Waals surface area (Å²) in [5.74, 6) is -1.12. The maximum atomic E-state index is 10.7. The molecule has 1 atom stereocenters. The largest absolute Gasteiger partial charge is 0.481 e. The van der Waals surface area contributed by atoms with Crippen LogP contribution < -0.4 is 0 Å². The monoisotopic (exact) mass is 222 g/mol. The minimum Gasteiger partial charge on any atom is -0.481 e. The highest BCUT2D eigenvalue weighted by Gasteiger charge is 2.11. The standard InChI is InChI=1S/C12H14O2S/c1-8(12(13)14)6-10-4-3-5-11(7-10)9(2)15/h3-5,7-8H,6H2,1-2H3,(H,13,14). The predicted octanol–water partition coefficient (Wildman–Crippen LogP) is 2.69. The minimum absolute atomic E-state index is 0.356. The number of rotatable bonds is 4. The molecular weight excluding hydrogens is 208 g/mol. The molecule has 2 nitrogen and oxygen atoms in total. The van der Waals surface area contributed by atoms with E-state index in [1.165, 1.54) is 0 Å². The third-order valence-corrected chi connectivity index (χ3v) is 2.53. The Bertz CT molecular complexity index is 385. The van der Waals surface area contributed by atoms with Gasteiger partial charge in [0.2, 0.25) is 0 Å². The SMILES string of the molecule is CC(=S)c1cccc(CC(C)C(=O)O)c1. The second kappa shape index (κ2) is 5.03. The first-order chi connectivity index (χ1) is 7.00. The van der Waals surface area contributed by atoms with E-state index in [1.807, 2.05) is 31.2 Å². The van der Waals surface area contributed by atoms with Crippen molar-refractivity contribution < 1.29 is 9.90 Å². The molecule has 0 radical (unpaired) electrons. The number of thiocarbonyl (C=S) groups is 1. The van der Waals surface area contributed by atoms with Crippen molar-refractivity contribution in [1.29, 1.82) is 0 Å². The molecule has 80 valence electrons. The van der Waals surface area contributed by atoms with Crippen LogP contribution in [-0.2, 0) is 11.2 Å². The number of hydrogen-bond donors (Lipinski definition) is 1. The van der Waals surface area contributed by atoms with Gasteiger partial charge in [-0.25, -0.2) is 0 Å². The van der Waals surface area contributed by atoms with Crippen LogP contribution >= 0.6 is 12.2 Å². The quantitative estimate of drug-likeness (QED) is 0.628. The molecule has 1 aromatic carbocycles. The zero-order valence-electron chi connectivity index (χ0n) is 8.86. The summed E-state index contributed by atoms with van der Waals surface area (Å²) in [6.45, 7) is 3.58. The second-order valence-electron chi connectivity index (χ2n) is 3.70. The average Bonchev–Trinajstić information content (AvgIpc) is 2.18. The fraction of sp³-hybridized carbons (Fsp3) is 0.333. The zero-order chi connectivity index (χ0) is 11.4. The zero-order valence-corrected chi connectivity index (χ0v) is 9.67. The van der Waals surface area contributed by atoms with Crippen molar-refractivity contribution in [2.75, 3.05) is 0 Å². The van der Waals surface area contributed by atoms with Gasteiger partial charge in [-0.1, -0.05) is 43.4 Å². The first kappa shape index (κ1) is 11.9. The number of hydrogen-bond acceptors (Lipinski definition) is 2. The molecular formula is C12H14O2S. The summed E-state index contributed by atoms with van der Waals surface area (Å²) >= 11 is 5.07. The minimum atomic E-state index is -0.764. The van der Waals surface area contributed by atoms with Gasteiger partial charge >= 0.3 is 5.97 Å². The van der Waals surface area contributed by atoms with Gasteiger partial charge in [0.05, 0.1) is 5.92 Å². The molecule has 0 heterocycles. The van der Waals surface area contributed by atoms with Crippen LogP contribution in [-0.4, -0.2) is 15.9 Å². The Morgan fingerprint density at radius 1 is 1.53 bits per heavy atom. The number of carbonyl (C=O) groups is 1. The van der Waals surface area contributed by atoms with Crippen LogP contribution in [0.25, 0.3) is 0 Å². The molecule has 0 saturated heterocycles. The summed E-state index contributed by atoms with van der Waals surface area (Å²) in [6.07, 6.45) is 0.547. The van der Waals surface area contributed by atoms with E-state index in [2.05, 4.69) is 0 Å². The molecule has 0 fully saturated rings. The summed E-state index contributed by atoms with van der Waals surface area (Å²) < 4.78 is 0. The van der Waals surface area contributed by atoms with Crippen molar-refractivity contribution in [1.82, 2.24) is 0 Å². The van der Waals surface area contributed by atoms with Crippen molar-refractivity contribution in [3.8, 4) is 0 Å². The fourth-order valence-corrected chi connectivity index (χ4v) is 1.49. The van der Waals surface area contributed by atoms with Crippen molar-refractivity contribution in [2.24, 2.45) is 5.92 Å². The number of aliphatic carboxylic acids is 1. The third kappa shape index (κ3) is 3.44. The van der Waals surface area contributed by atoms with E-state index < -0.39 is 5.97 Å². The van der Waals surface area contributed by atoms with E-state index in [4.69, 9.17) is 17.3 Å². The molecule has 1 unspecified atom stereocenters. The fourth-order valence-electron chi connectivity index (χ4n) is 1.36. The molecule has 0 saturated carbocycles. The van der Waals surface area contributed by atoms with Gasteiger partial charge in [-0.3, -0.25) is 4.79 Å². The first-order valence-corrected chi connectivity index (χ1v) is 5.24. The van der Waals surface area contributed by atoms with Crippen LogP contribution in [0.5, 0.6) is 0 Å². The van der Waals surface area contributed by atoms with Gasteiger partial charge in [0, 0.05) is 4.86 Å². The van der Waals surface area contributed by atoms with Gasteiger partial charge in [0.25, 0.3) is 0 Å². The van der Waals surface area contributed by atoms with E-state index in [-0.39, 0.29) is 5.92 Å². The Morgan fingerprint density at radius 2 is 2.20 bits per heavy atom. The average molecular weight is 222 g/mol. The number of benzene rings is 1. The maximum absolute atomic E-state index is 10.7. The lowest BCUT2D eigenvalue weighted by molar-refractivity contribution is -0.141. The highest BCUT2D eigenvalue weighted by molar-refractivity contribution is 7.80. The molecule has 0 spiro atoms. The summed E-state index contributed by atoms with van der Waals surface area (Å²) in [5, 5.41) is 8.80. The highest BCUT2D eigenvalue weighted by Crippen LogP contribution is 2.12. The van der Waals surface area contributed by atoms with Crippen molar-refractivity contribution in [3.05, 3.63) is 35.4 Å². The highest BCUT2D eigenvalue weighted by atomic mass is 32.1. The van der Waals surface area contributed by atoms with Crippen molar-refractivity contribution in [3.63, 3.8) is 0 Å². The molecule has 0 bridgehead atoms. The number of carboxylic acid groups (broad SMARTS) is 1. The summed E-state index contributed by atoms with van der Waals surface area (Å²) in [7, 11) is 0. The lowest BCUT2D eigenvalue weighted by Crippen LogP contribution is -2.12. The van der Waals surface area contributed by atoms with E-state index in [0.29, 0.717) is 6.42 Å². The predicted molar refractivity (Wildman–Crippen MR) is 64.3 cm³/mol. The lowest BCUT2D eigenvalue weighted by Gasteiger charge is -2.07. The van der Waals surface area contributed by atoms with Gasteiger partial charge < -0.3 is 5.11 Å². The maximum Gasteiger partial charge on any atom is 0.306 e. The van der Waals surface area contributed by atoms with Gasteiger partial charge in [-0.15, -0.1) is 0 Å². The Morgan fingerprint density at radius 3 is 2.73 bits per heavy atom. The molecule has 1 aromatic rings. The normalized spacial score (nSPS) is 12.1. The van der Waals surface area contributed by atoms with Gasteiger partial charge in [0.1, 0.15) is 0 Å². The molecule has 0 aliphatic rings. The molecule has 3 heteroatoms. The van der Waals surface area contributed by atoms with E-state index in [9.17, 15) is 4.79 Å². The lowest BCUT2D eigenvalue weighted by atomic mass is 9.99. The molecule has 1 rings (SSSR count). The van der Waals surface area contributed by atoms with Gasteiger partial charge in [0.15, 0.2) is 0 Å². The Balaban J connectivity index is 2.82. The summed E-state index contributed by atoms with van der Waals surface area (Å²) in [5.41, 5.74) is 2.02. The van der Waals surface area contributed by atoms with E-state index >= 15 is 0 Å².